The molecule has 4 nitrogen and oxygen atoms in total. The third-order valence-electron chi connectivity index (χ3n) is 5.80. The molecule has 1 saturated carbocycles. The van der Waals surface area contributed by atoms with Gasteiger partial charge in [0.25, 0.3) is 0 Å². The molecule has 3 N–H and O–H groups in total. The van der Waals surface area contributed by atoms with Crippen molar-refractivity contribution in [3.05, 3.63) is 0 Å². The van der Waals surface area contributed by atoms with Crippen molar-refractivity contribution in [2.24, 2.45) is 11.8 Å². The summed E-state index contributed by atoms with van der Waals surface area (Å²) in [5.74, 6) is -0.320. The Morgan fingerprint density at radius 1 is 1.04 bits per heavy atom. The third-order valence-corrected chi connectivity index (χ3v) is 5.80. The van der Waals surface area contributed by atoms with Crippen molar-refractivity contribution in [3.8, 4) is 0 Å². The molecule has 4 heteroatoms. The number of carbonyl (C=O) groups is 1. The molecular weight excluding hydrogens is 304 g/mol. The lowest BCUT2D eigenvalue weighted by Crippen LogP contribution is -2.38. The molecule has 1 aliphatic rings. The molecule has 4 atom stereocenters. The van der Waals surface area contributed by atoms with Gasteiger partial charge in [-0.1, -0.05) is 51.9 Å². The third kappa shape index (κ3) is 7.52. The first kappa shape index (κ1) is 21.4. The monoisotopic (exact) mass is 342 g/mol. The highest BCUT2D eigenvalue weighted by molar-refractivity contribution is 5.66. The van der Waals surface area contributed by atoms with E-state index in [1.54, 1.807) is 0 Å². The molecule has 0 radical (unpaired) electrons. The minimum absolute atomic E-state index is 0.200. The largest absolute Gasteiger partial charge is 0.481 e. The van der Waals surface area contributed by atoms with Crippen LogP contribution in [0.1, 0.15) is 97.3 Å². The number of unbranched alkanes of at least 4 members (excludes halogenated alkanes) is 6. The second kappa shape index (κ2) is 11.1. The molecule has 0 spiro atoms. The Morgan fingerprint density at radius 3 is 2.38 bits per heavy atom. The van der Waals surface area contributed by atoms with Crippen molar-refractivity contribution < 1.29 is 20.1 Å². The van der Waals surface area contributed by atoms with Crippen LogP contribution in [0.15, 0.2) is 0 Å². The van der Waals surface area contributed by atoms with Gasteiger partial charge in [-0.2, -0.15) is 0 Å². The fourth-order valence-electron chi connectivity index (χ4n) is 4.32. The number of carboxylic acids is 1. The number of hydrogen-bond donors (Lipinski definition) is 3. The van der Waals surface area contributed by atoms with Gasteiger partial charge in [-0.3, -0.25) is 4.79 Å². The maximum atomic E-state index is 10.9. The summed E-state index contributed by atoms with van der Waals surface area (Å²) in [6, 6.07) is 0. The Labute approximate surface area is 147 Å². The van der Waals surface area contributed by atoms with E-state index in [-0.39, 0.29) is 24.4 Å². The highest BCUT2D eigenvalue weighted by Crippen LogP contribution is 2.43. The number of carboxylic acid groups (broad SMARTS) is 1. The van der Waals surface area contributed by atoms with Gasteiger partial charge < -0.3 is 15.3 Å². The maximum Gasteiger partial charge on any atom is 0.303 e. The molecule has 2 unspecified atom stereocenters. The Balaban J connectivity index is 2.36. The molecule has 0 saturated heterocycles. The van der Waals surface area contributed by atoms with Crippen LogP contribution in [0.2, 0.25) is 0 Å². The molecule has 24 heavy (non-hydrogen) atoms. The highest BCUT2D eigenvalue weighted by Gasteiger charge is 2.44. The van der Waals surface area contributed by atoms with E-state index in [1.165, 1.54) is 19.3 Å². The minimum atomic E-state index is -0.722. The lowest BCUT2D eigenvalue weighted by atomic mass is 9.76. The summed E-state index contributed by atoms with van der Waals surface area (Å²) in [6.07, 6.45) is 11.9. The Hall–Kier alpha value is -0.610. The maximum absolute atomic E-state index is 10.9. The van der Waals surface area contributed by atoms with Crippen molar-refractivity contribution in [1.82, 2.24) is 0 Å². The van der Waals surface area contributed by atoms with Gasteiger partial charge in [-0.15, -0.1) is 0 Å². The molecule has 0 aliphatic heterocycles. The topological polar surface area (TPSA) is 77.8 Å². The van der Waals surface area contributed by atoms with Crippen LogP contribution in [0.25, 0.3) is 0 Å². The Morgan fingerprint density at radius 2 is 1.71 bits per heavy atom. The van der Waals surface area contributed by atoms with Crippen molar-refractivity contribution in [2.75, 3.05) is 0 Å². The average molecular weight is 343 g/mol. The fourth-order valence-corrected chi connectivity index (χ4v) is 4.32. The number of aliphatic hydroxyl groups excluding tert-OH is 1. The Kier molecular flexibility index (Phi) is 9.91. The van der Waals surface area contributed by atoms with Crippen LogP contribution in [0.4, 0.5) is 0 Å². The van der Waals surface area contributed by atoms with E-state index in [9.17, 15) is 15.0 Å². The van der Waals surface area contributed by atoms with E-state index in [1.807, 2.05) is 6.92 Å². The van der Waals surface area contributed by atoms with Crippen LogP contribution in [0, 0.1) is 11.8 Å². The number of aliphatic carboxylic acids is 1. The molecular formula is C20H38O4. The summed E-state index contributed by atoms with van der Waals surface area (Å²) in [5, 5.41) is 29.9. The van der Waals surface area contributed by atoms with E-state index in [2.05, 4.69) is 6.92 Å². The van der Waals surface area contributed by atoms with Crippen molar-refractivity contribution >= 4 is 5.97 Å². The van der Waals surface area contributed by atoms with Gasteiger partial charge in [0, 0.05) is 6.42 Å². The zero-order valence-corrected chi connectivity index (χ0v) is 15.7. The van der Waals surface area contributed by atoms with E-state index >= 15 is 0 Å². The predicted molar refractivity (Wildman–Crippen MR) is 96.9 cm³/mol. The van der Waals surface area contributed by atoms with Crippen LogP contribution in [0.3, 0.4) is 0 Å². The minimum Gasteiger partial charge on any atom is -0.481 e. The van der Waals surface area contributed by atoms with Crippen LogP contribution < -0.4 is 0 Å². The summed E-state index contributed by atoms with van der Waals surface area (Å²) in [7, 11) is 0. The normalized spacial score (nSPS) is 26.4. The average Bonchev–Trinajstić information content (AvgIpc) is 2.89. The molecule has 142 valence electrons. The lowest BCUT2D eigenvalue weighted by molar-refractivity contribution is -0.137. The quantitative estimate of drug-likeness (QED) is 0.430. The molecule has 0 bridgehead atoms. The van der Waals surface area contributed by atoms with Crippen molar-refractivity contribution in [2.45, 2.75) is 109 Å². The first-order valence-electron chi connectivity index (χ1n) is 10.0. The molecule has 1 rings (SSSR count). The zero-order valence-electron chi connectivity index (χ0n) is 15.7. The molecule has 1 aliphatic carbocycles. The van der Waals surface area contributed by atoms with Gasteiger partial charge in [0.15, 0.2) is 0 Å². The van der Waals surface area contributed by atoms with Gasteiger partial charge in [0.1, 0.15) is 0 Å². The van der Waals surface area contributed by atoms with Gasteiger partial charge in [-0.25, -0.2) is 0 Å². The standard InChI is InChI=1S/C20H38O4/c1-3-4-5-10-15-20(2,24)17-13-14-18(21)16(17)11-8-6-7-9-12-19(22)23/h16-18,21,24H,3-15H2,1-2H3,(H,22,23)/t16-,17-,18?,20?/m1/s1. The number of aliphatic hydroxyl groups is 2. The fraction of sp³-hybridized carbons (Fsp3) is 0.950. The van der Waals surface area contributed by atoms with E-state index < -0.39 is 11.6 Å². The number of rotatable bonds is 13. The van der Waals surface area contributed by atoms with Crippen LogP contribution in [-0.2, 0) is 4.79 Å². The van der Waals surface area contributed by atoms with Crippen molar-refractivity contribution in [3.63, 3.8) is 0 Å². The molecule has 0 aromatic rings. The van der Waals surface area contributed by atoms with Crippen LogP contribution in [0.5, 0.6) is 0 Å². The van der Waals surface area contributed by atoms with Crippen LogP contribution >= 0.6 is 0 Å². The summed E-state index contributed by atoms with van der Waals surface area (Å²) < 4.78 is 0. The summed E-state index contributed by atoms with van der Waals surface area (Å²) in [4.78, 5) is 10.5. The molecule has 0 aromatic heterocycles. The van der Waals surface area contributed by atoms with Gasteiger partial charge in [0.05, 0.1) is 11.7 Å². The molecule has 1 fully saturated rings. The van der Waals surface area contributed by atoms with Crippen molar-refractivity contribution in [1.29, 1.82) is 0 Å². The second-order valence-electron chi connectivity index (χ2n) is 7.93. The lowest BCUT2D eigenvalue weighted by Gasteiger charge is -2.35. The Bertz CT molecular complexity index is 354. The molecule has 0 aromatic carbocycles. The molecule has 0 heterocycles. The summed E-state index contributed by atoms with van der Waals surface area (Å²) >= 11 is 0. The first-order chi connectivity index (χ1) is 11.4. The zero-order chi connectivity index (χ0) is 18.0. The summed E-state index contributed by atoms with van der Waals surface area (Å²) in [5.41, 5.74) is -0.667. The SMILES string of the molecule is CCCCCCC(C)(O)[C@@H]1CCC(O)[C@@H]1CCCCCCC(=O)O. The van der Waals surface area contributed by atoms with Gasteiger partial charge >= 0.3 is 5.97 Å². The second-order valence-corrected chi connectivity index (χ2v) is 7.93. The van der Waals surface area contributed by atoms with E-state index in [4.69, 9.17) is 5.11 Å². The predicted octanol–water partition coefficient (Wildman–Crippen LogP) is 4.52. The summed E-state index contributed by atoms with van der Waals surface area (Å²) in [6.45, 7) is 4.15. The highest BCUT2D eigenvalue weighted by atomic mass is 16.4. The first-order valence-corrected chi connectivity index (χ1v) is 10.0. The smallest absolute Gasteiger partial charge is 0.303 e. The van der Waals surface area contributed by atoms with E-state index in [0.717, 1.165) is 57.8 Å². The van der Waals surface area contributed by atoms with Crippen LogP contribution in [-0.4, -0.2) is 33.0 Å². The number of hydrogen-bond acceptors (Lipinski definition) is 3. The van der Waals surface area contributed by atoms with E-state index in [0.29, 0.717) is 0 Å². The molecule has 0 amide bonds. The van der Waals surface area contributed by atoms with Gasteiger partial charge in [-0.05, 0) is 50.9 Å². The van der Waals surface area contributed by atoms with Gasteiger partial charge in [0.2, 0.25) is 0 Å².